The maximum atomic E-state index is 12.2. The van der Waals surface area contributed by atoms with Crippen LogP contribution in [0, 0.1) is 0 Å². The highest BCUT2D eigenvalue weighted by atomic mass is 16.5. The summed E-state index contributed by atoms with van der Waals surface area (Å²) in [6.07, 6.45) is 0.886. The number of hydrogen-bond donors (Lipinski definition) is 2. The third kappa shape index (κ3) is 4.08. The Bertz CT molecular complexity index is 675. The quantitative estimate of drug-likeness (QED) is 0.745. The highest BCUT2D eigenvalue weighted by molar-refractivity contribution is 5.77. The van der Waals surface area contributed by atoms with Gasteiger partial charge in [0.05, 0.1) is 44.0 Å². The van der Waals surface area contributed by atoms with E-state index in [4.69, 9.17) is 14.6 Å². The Morgan fingerprint density at radius 2 is 2.33 bits per heavy atom. The largest absolute Gasteiger partial charge is 0.394 e. The number of amides is 1. The van der Waals surface area contributed by atoms with Gasteiger partial charge in [-0.05, 0) is 18.6 Å². The maximum absolute atomic E-state index is 12.2. The number of rotatable bonds is 7. The number of hydrogen-bond acceptors (Lipinski definition) is 6. The maximum Gasteiger partial charge on any atom is 0.222 e. The van der Waals surface area contributed by atoms with Crippen LogP contribution in [0.25, 0.3) is 11.0 Å². The van der Waals surface area contributed by atoms with Crippen molar-refractivity contribution in [1.82, 2.24) is 20.3 Å². The Morgan fingerprint density at radius 1 is 1.46 bits per heavy atom. The second-order valence-electron chi connectivity index (χ2n) is 5.72. The van der Waals surface area contributed by atoms with Crippen LogP contribution in [0.1, 0.15) is 12.8 Å². The number of carbonyl (C=O) groups excluding carboxylic acids is 1. The Morgan fingerprint density at radius 3 is 3.21 bits per heavy atom. The molecule has 8 heteroatoms. The number of benzene rings is 1. The SMILES string of the molecule is O=C(CCn1nnc2ccccc21)N[C@H]1COCC[C@H]1OCCO. The smallest absolute Gasteiger partial charge is 0.222 e. The number of nitrogens with one attached hydrogen (secondary N) is 1. The molecule has 2 heterocycles. The number of para-hydroxylation sites is 1. The number of carbonyl (C=O) groups is 1. The van der Waals surface area contributed by atoms with E-state index in [1.54, 1.807) is 4.68 Å². The molecule has 8 nitrogen and oxygen atoms in total. The van der Waals surface area contributed by atoms with Crippen molar-refractivity contribution in [3.63, 3.8) is 0 Å². The Labute approximate surface area is 139 Å². The summed E-state index contributed by atoms with van der Waals surface area (Å²) in [6, 6.07) is 7.46. The molecule has 2 N–H and O–H groups in total. The Hall–Kier alpha value is -2.03. The van der Waals surface area contributed by atoms with Crippen LogP contribution >= 0.6 is 0 Å². The number of aliphatic hydroxyl groups is 1. The summed E-state index contributed by atoms with van der Waals surface area (Å²) in [5, 5.41) is 20.0. The summed E-state index contributed by atoms with van der Waals surface area (Å²) < 4.78 is 12.7. The molecule has 0 bridgehead atoms. The summed E-state index contributed by atoms with van der Waals surface area (Å²) in [4.78, 5) is 12.2. The second kappa shape index (κ2) is 8.18. The first-order valence-electron chi connectivity index (χ1n) is 8.15. The van der Waals surface area contributed by atoms with Crippen molar-refractivity contribution in [3.8, 4) is 0 Å². The van der Waals surface area contributed by atoms with Crippen LogP contribution in [0.15, 0.2) is 24.3 Å². The van der Waals surface area contributed by atoms with Gasteiger partial charge in [-0.2, -0.15) is 0 Å². The van der Waals surface area contributed by atoms with Gasteiger partial charge in [0.1, 0.15) is 5.52 Å². The minimum Gasteiger partial charge on any atom is -0.394 e. The standard InChI is InChI=1S/C16H22N4O4/c21-8-10-24-15-6-9-23-11-13(15)17-16(22)5-7-20-14-4-2-1-3-12(14)18-19-20/h1-4,13,15,21H,5-11H2,(H,17,22)/t13-,15+/m0/s1. The molecule has 3 rings (SSSR count). The third-order valence-electron chi connectivity index (χ3n) is 4.03. The Kier molecular flexibility index (Phi) is 5.73. The number of ether oxygens (including phenoxy) is 2. The summed E-state index contributed by atoms with van der Waals surface area (Å²) in [5.41, 5.74) is 1.73. The van der Waals surface area contributed by atoms with Crippen LogP contribution in [0.3, 0.4) is 0 Å². The molecule has 0 unspecified atom stereocenters. The van der Waals surface area contributed by atoms with Gasteiger partial charge in [0.2, 0.25) is 5.91 Å². The molecule has 24 heavy (non-hydrogen) atoms. The minimum atomic E-state index is -0.190. The molecule has 1 aliphatic rings. The van der Waals surface area contributed by atoms with E-state index in [1.807, 2.05) is 24.3 Å². The van der Waals surface area contributed by atoms with Crippen LogP contribution < -0.4 is 5.32 Å². The lowest BCUT2D eigenvalue weighted by atomic mass is 10.1. The fourth-order valence-corrected chi connectivity index (χ4v) is 2.83. The van der Waals surface area contributed by atoms with Gasteiger partial charge in [-0.15, -0.1) is 5.10 Å². The lowest BCUT2D eigenvalue weighted by Gasteiger charge is -2.32. The first-order chi connectivity index (χ1) is 11.8. The van der Waals surface area contributed by atoms with Crippen LogP contribution in [-0.2, 0) is 20.8 Å². The van der Waals surface area contributed by atoms with Crippen LogP contribution in [0.5, 0.6) is 0 Å². The van der Waals surface area contributed by atoms with E-state index >= 15 is 0 Å². The zero-order chi connectivity index (χ0) is 16.8. The van der Waals surface area contributed by atoms with Crippen LogP contribution in [-0.4, -0.2) is 64.6 Å². The molecule has 130 valence electrons. The zero-order valence-electron chi connectivity index (χ0n) is 13.4. The van der Waals surface area contributed by atoms with Gasteiger partial charge in [-0.25, -0.2) is 4.68 Å². The number of nitrogens with zero attached hydrogens (tertiary/aromatic N) is 3. The van der Waals surface area contributed by atoms with E-state index in [1.165, 1.54) is 0 Å². The molecule has 1 aromatic carbocycles. The van der Waals surface area contributed by atoms with Gasteiger partial charge in [0, 0.05) is 13.0 Å². The molecule has 2 atom stereocenters. The molecule has 0 saturated carbocycles. The van der Waals surface area contributed by atoms with Crippen molar-refractivity contribution in [2.45, 2.75) is 31.5 Å². The highest BCUT2D eigenvalue weighted by Gasteiger charge is 2.27. The van der Waals surface area contributed by atoms with Crippen molar-refractivity contribution in [3.05, 3.63) is 24.3 Å². The third-order valence-corrected chi connectivity index (χ3v) is 4.03. The predicted octanol–water partition coefficient (Wildman–Crippen LogP) is 0.104. The minimum absolute atomic E-state index is 0.0304. The summed E-state index contributed by atoms with van der Waals surface area (Å²) in [7, 11) is 0. The van der Waals surface area contributed by atoms with Crippen molar-refractivity contribution in [2.75, 3.05) is 26.4 Å². The molecule has 0 radical (unpaired) electrons. The molecule has 2 aromatic rings. The van der Waals surface area contributed by atoms with Crippen molar-refractivity contribution in [2.24, 2.45) is 0 Å². The lowest BCUT2D eigenvalue weighted by Crippen LogP contribution is -2.50. The normalized spacial score (nSPS) is 21.0. The average molecular weight is 334 g/mol. The van der Waals surface area contributed by atoms with Gasteiger partial charge in [-0.1, -0.05) is 17.3 Å². The summed E-state index contributed by atoms with van der Waals surface area (Å²) >= 11 is 0. The van der Waals surface area contributed by atoms with Crippen molar-refractivity contribution >= 4 is 16.9 Å². The van der Waals surface area contributed by atoms with Gasteiger partial charge in [-0.3, -0.25) is 4.79 Å². The van der Waals surface area contributed by atoms with E-state index in [0.717, 1.165) is 11.0 Å². The number of fused-ring (bicyclic) bond motifs is 1. The highest BCUT2D eigenvalue weighted by Crippen LogP contribution is 2.13. The molecule has 1 amide bonds. The number of aryl methyl sites for hydroxylation is 1. The lowest BCUT2D eigenvalue weighted by molar-refractivity contribution is -0.126. The Balaban J connectivity index is 1.53. The monoisotopic (exact) mass is 334 g/mol. The predicted molar refractivity (Wildman–Crippen MR) is 86.3 cm³/mol. The van der Waals surface area contributed by atoms with Gasteiger partial charge in [0.15, 0.2) is 0 Å². The van der Waals surface area contributed by atoms with Crippen molar-refractivity contribution < 1.29 is 19.4 Å². The van der Waals surface area contributed by atoms with E-state index in [9.17, 15) is 4.79 Å². The molecule has 1 aromatic heterocycles. The van der Waals surface area contributed by atoms with E-state index in [2.05, 4.69) is 15.6 Å². The molecule has 0 aliphatic carbocycles. The molecular weight excluding hydrogens is 312 g/mol. The van der Waals surface area contributed by atoms with Crippen molar-refractivity contribution in [1.29, 1.82) is 0 Å². The molecule has 1 saturated heterocycles. The first kappa shape index (κ1) is 16.8. The fraction of sp³-hybridized carbons (Fsp3) is 0.562. The summed E-state index contributed by atoms with van der Waals surface area (Å²) in [6.45, 7) is 1.73. The zero-order valence-corrected chi connectivity index (χ0v) is 13.4. The van der Waals surface area contributed by atoms with Crippen LogP contribution in [0.4, 0.5) is 0 Å². The van der Waals surface area contributed by atoms with E-state index in [0.29, 0.717) is 32.6 Å². The summed E-state index contributed by atoms with van der Waals surface area (Å²) in [5.74, 6) is -0.0809. The number of aromatic nitrogens is 3. The second-order valence-corrected chi connectivity index (χ2v) is 5.72. The molecule has 1 aliphatic heterocycles. The van der Waals surface area contributed by atoms with E-state index in [-0.39, 0.29) is 31.3 Å². The van der Waals surface area contributed by atoms with Gasteiger partial charge < -0.3 is 19.9 Å². The number of aliphatic hydroxyl groups excluding tert-OH is 1. The molecule has 0 spiro atoms. The molecular formula is C16H22N4O4. The topological polar surface area (TPSA) is 98.5 Å². The fourth-order valence-electron chi connectivity index (χ4n) is 2.83. The first-order valence-corrected chi connectivity index (χ1v) is 8.15. The average Bonchev–Trinajstić information content (AvgIpc) is 3.02. The molecule has 1 fully saturated rings. The van der Waals surface area contributed by atoms with E-state index < -0.39 is 0 Å². The van der Waals surface area contributed by atoms with Gasteiger partial charge in [0.25, 0.3) is 0 Å². The van der Waals surface area contributed by atoms with Crippen LogP contribution in [0.2, 0.25) is 0 Å². The van der Waals surface area contributed by atoms with Gasteiger partial charge >= 0.3 is 0 Å².